The Kier molecular flexibility index (Phi) is 6.21. The Morgan fingerprint density at radius 2 is 2.10 bits per heavy atom. The Labute approximate surface area is 125 Å². The van der Waals surface area contributed by atoms with Crippen molar-refractivity contribution < 1.29 is 19.4 Å². The highest BCUT2D eigenvalue weighted by molar-refractivity contribution is 5.86. The summed E-state index contributed by atoms with van der Waals surface area (Å²) in [5.41, 5.74) is -0.0838. The molecule has 0 aliphatic carbocycles. The molecule has 21 heavy (non-hydrogen) atoms. The van der Waals surface area contributed by atoms with Crippen molar-refractivity contribution in [3.05, 3.63) is 29.8 Å². The van der Waals surface area contributed by atoms with Gasteiger partial charge in [-0.1, -0.05) is 19.1 Å². The number of aliphatic carboxylic acids is 1. The van der Waals surface area contributed by atoms with Crippen LogP contribution in [0.3, 0.4) is 0 Å². The number of rotatable bonds is 8. The molecule has 5 nitrogen and oxygen atoms in total. The maximum absolute atomic E-state index is 11.8. The second-order valence-electron chi connectivity index (χ2n) is 5.31. The second-order valence-corrected chi connectivity index (χ2v) is 5.31. The Bertz CT molecular complexity index is 501. The van der Waals surface area contributed by atoms with Gasteiger partial charge in [0, 0.05) is 6.42 Å². The molecule has 116 valence electrons. The number of carbonyl (C=O) groups excluding carboxylic acids is 1. The van der Waals surface area contributed by atoms with Crippen LogP contribution in [-0.4, -0.2) is 29.1 Å². The Morgan fingerprint density at radius 3 is 2.67 bits per heavy atom. The minimum atomic E-state index is -1.20. The molecule has 0 saturated heterocycles. The van der Waals surface area contributed by atoms with Gasteiger partial charge >= 0.3 is 5.97 Å². The van der Waals surface area contributed by atoms with E-state index in [1.54, 1.807) is 6.92 Å². The summed E-state index contributed by atoms with van der Waals surface area (Å²) in [4.78, 5) is 22.9. The molecule has 2 N–H and O–H groups in total. The van der Waals surface area contributed by atoms with Gasteiger partial charge in [-0.25, -0.2) is 4.79 Å². The number of carboxylic acids is 1. The highest BCUT2D eigenvalue weighted by Gasteiger charge is 2.32. The third kappa shape index (κ3) is 5.45. The summed E-state index contributed by atoms with van der Waals surface area (Å²) in [6.07, 6.45) is 1.13. The first kappa shape index (κ1) is 17.0. The lowest BCUT2D eigenvalue weighted by Gasteiger charge is -2.24. The van der Waals surface area contributed by atoms with Crippen LogP contribution in [0.5, 0.6) is 5.75 Å². The molecule has 0 fully saturated rings. The number of carboxylic acid groups (broad SMARTS) is 1. The highest BCUT2D eigenvalue weighted by atomic mass is 16.5. The maximum Gasteiger partial charge on any atom is 0.329 e. The SMILES string of the molecule is CCC(C)(NC(=O)CCCOc1cccc(C)c1)C(=O)O. The summed E-state index contributed by atoms with van der Waals surface area (Å²) in [7, 11) is 0. The summed E-state index contributed by atoms with van der Waals surface area (Å²) in [5.74, 6) is -0.511. The Hall–Kier alpha value is -2.04. The van der Waals surface area contributed by atoms with Gasteiger partial charge in [-0.05, 0) is 44.4 Å². The first-order chi connectivity index (χ1) is 9.87. The van der Waals surface area contributed by atoms with Crippen molar-refractivity contribution in [3.63, 3.8) is 0 Å². The number of hydrogen-bond acceptors (Lipinski definition) is 3. The molecule has 0 aliphatic rings. The van der Waals surface area contributed by atoms with E-state index in [1.165, 1.54) is 6.92 Å². The lowest BCUT2D eigenvalue weighted by Crippen LogP contribution is -2.51. The number of ether oxygens (including phenoxy) is 1. The van der Waals surface area contributed by atoms with Gasteiger partial charge in [0.25, 0.3) is 0 Å². The van der Waals surface area contributed by atoms with Crippen LogP contribution in [0.1, 0.15) is 38.7 Å². The molecule has 1 aromatic carbocycles. The minimum absolute atomic E-state index is 0.245. The molecule has 0 heterocycles. The average molecular weight is 293 g/mol. The number of carbonyl (C=O) groups is 2. The zero-order chi connectivity index (χ0) is 15.9. The molecule has 1 atom stereocenters. The normalized spacial score (nSPS) is 13.3. The second kappa shape index (κ2) is 7.67. The van der Waals surface area contributed by atoms with Gasteiger partial charge in [-0.3, -0.25) is 4.79 Å². The lowest BCUT2D eigenvalue weighted by atomic mass is 9.99. The van der Waals surface area contributed by atoms with Crippen LogP contribution in [0.15, 0.2) is 24.3 Å². The van der Waals surface area contributed by atoms with Gasteiger partial charge in [0.05, 0.1) is 6.61 Å². The molecule has 0 aromatic heterocycles. The van der Waals surface area contributed by atoms with E-state index in [4.69, 9.17) is 9.84 Å². The summed E-state index contributed by atoms with van der Waals surface area (Å²) in [6, 6.07) is 7.69. The summed E-state index contributed by atoms with van der Waals surface area (Å²) in [5, 5.41) is 11.6. The van der Waals surface area contributed by atoms with Crippen LogP contribution in [0.2, 0.25) is 0 Å². The maximum atomic E-state index is 11.8. The molecule has 1 aromatic rings. The van der Waals surface area contributed by atoms with E-state index in [0.717, 1.165) is 11.3 Å². The van der Waals surface area contributed by atoms with E-state index in [9.17, 15) is 9.59 Å². The molecule has 0 radical (unpaired) electrons. The topological polar surface area (TPSA) is 75.6 Å². The third-order valence-corrected chi connectivity index (χ3v) is 3.40. The first-order valence-corrected chi connectivity index (χ1v) is 7.11. The first-order valence-electron chi connectivity index (χ1n) is 7.11. The van der Waals surface area contributed by atoms with Crippen LogP contribution in [0, 0.1) is 6.92 Å². The van der Waals surface area contributed by atoms with E-state index in [0.29, 0.717) is 19.4 Å². The van der Waals surface area contributed by atoms with Gasteiger partial charge in [-0.2, -0.15) is 0 Å². The van der Waals surface area contributed by atoms with Gasteiger partial charge in [0.2, 0.25) is 5.91 Å². The largest absolute Gasteiger partial charge is 0.494 e. The van der Waals surface area contributed by atoms with Gasteiger partial charge in [-0.15, -0.1) is 0 Å². The Balaban J connectivity index is 2.32. The molecule has 0 aliphatic heterocycles. The van der Waals surface area contributed by atoms with Crippen LogP contribution in [-0.2, 0) is 9.59 Å². The van der Waals surface area contributed by atoms with Crippen molar-refractivity contribution in [3.8, 4) is 5.75 Å². The number of nitrogens with one attached hydrogen (secondary N) is 1. The fourth-order valence-corrected chi connectivity index (χ4v) is 1.79. The standard InChI is InChI=1S/C16H23NO4/c1-4-16(3,15(19)20)17-14(18)9-6-10-21-13-8-5-7-12(2)11-13/h5,7-8,11H,4,6,9-10H2,1-3H3,(H,17,18)(H,19,20). The van der Waals surface area contributed by atoms with Gasteiger partial charge < -0.3 is 15.2 Å². The molecule has 1 unspecified atom stereocenters. The van der Waals surface area contributed by atoms with Crippen LogP contribution in [0.4, 0.5) is 0 Å². The average Bonchev–Trinajstić information content (AvgIpc) is 2.43. The molecule has 0 bridgehead atoms. The van der Waals surface area contributed by atoms with Crippen molar-refractivity contribution in [1.29, 1.82) is 0 Å². The van der Waals surface area contributed by atoms with E-state index in [2.05, 4.69) is 5.32 Å². The zero-order valence-electron chi connectivity index (χ0n) is 12.8. The predicted molar refractivity (Wildman–Crippen MR) is 80.4 cm³/mol. The Morgan fingerprint density at radius 1 is 1.38 bits per heavy atom. The number of hydrogen-bond donors (Lipinski definition) is 2. The van der Waals surface area contributed by atoms with Crippen molar-refractivity contribution >= 4 is 11.9 Å². The molecular weight excluding hydrogens is 270 g/mol. The van der Waals surface area contributed by atoms with E-state index >= 15 is 0 Å². The molecule has 0 saturated carbocycles. The van der Waals surface area contributed by atoms with Gasteiger partial charge in [0.1, 0.15) is 11.3 Å². The molecule has 1 rings (SSSR count). The third-order valence-electron chi connectivity index (χ3n) is 3.40. The smallest absolute Gasteiger partial charge is 0.329 e. The number of benzene rings is 1. The van der Waals surface area contributed by atoms with Crippen LogP contribution in [0.25, 0.3) is 0 Å². The lowest BCUT2D eigenvalue weighted by molar-refractivity contribution is -0.147. The van der Waals surface area contributed by atoms with Crippen LogP contribution >= 0.6 is 0 Å². The zero-order valence-corrected chi connectivity index (χ0v) is 12.8. The van der Waals surface area contributed by atoms with E-state index < -0.39 is 11.5 Å². The molecule has 5 heteroatoms. The molecular formula is C16H23NO4. The van der Waals surface area contributed by atoms with Gasteiger partial charge in [0.15, 0.2) is 0 Å². The fourth-order valence-electron chi connectivity index (χ4n) is 1.79. The predicted octanol–water partition coefficient (Wildman–Crippen LogP) is 2.52. The monoisotopic (exact) mass is 293 g/mol. The summed E-state index contributed by atoms with van der Waals surface area (Å²) >= 11 is 0. The van der Waals surface area contributed by atoms with Crippen molar-refractivity contribution in [2.45, 2.75) is 45.6 Å². The van der Waals surface area contributed by atoms with Crippen molar-refractivity contribution in [2.75, 3.05) is 6.61 Å². The molecule has 0 spiro atoms. The number of aryl methyl sites for hydroxylation is 1. The number of amides is 1. The molecule has 1 amide bonds. The van der Waals surface area contributed by atoms with Crippen molar-refractivity contribution in [2.24, 2.45) is 0 Å². The van der Waals surface area contributed by atoms with E-state index in [-0.39, 0.29) is 12.3 Å². The minimum Gasteiger partial charge on any atom is -0.494 e. The van der Waals surface area contributed by atoms with Crippen molar-refractivity contribution in [1.82, 2.24) is 5.32 Å². The van der Waals surface area contributed by atoms with E-state index in [1.807, 2.05) is 31.2 Å². The summed E-state index contributed by atoms with van der Waals surface area (Å²) in [6.45, 7) is 5.65. The fraction of sp³-hybridized carbons (Fsp3) is 0.500. The quantitative estimate of drug-likeness (QED) is 0.722. The van der Waals surface area contributed by atoms with Crippen LogP contribution < -0.4 is 10.1 Å². The highest BCUT2D eigenvalue weighted by Crippen LogP contribution is 2.13. The summed E-state index contributed by atoms with van der Waals surface area (Å²) < 4.78 is 5.54.